The van der Waals surface area contributed by atoms with Crippen LogP contribution < -0.4 is 10.2 Å². The van der Waals surface area contributed by atoms with Gasteiger partial charge in [0.15, 0.2) is 0 Å². The number of hydrogen-bond donors (Lipinski definition) is 1. The molecule has 0 aliphatic rings. The second-order valence-electron chi connectivity index (χ2n) is 4.90. The second-order valence-corrected chi connectivity index (χ2v) is 5.34. The molecule has 1 aromatic carbocycles. The quantitative estimate of drug-likeness (QED) is 0.924. The van der Waals surface area contributed by atoms with Gasteiger partial charge >= 0.3 is 0 Å². The first-order valence-electron chi connectivity index (χ1n) is 6.73. The Balaban J connectivity index is 1.94. The van der Waals surface area contributed by atoms with Crippen LogP contribution in [0, 0.1) is 0 Å². The van der Waals surface area contributed by atoms with E-state index >= 15 is 0 Å². The number of anilines is 1. The first kappa shape index (κ1) is 15.3. The van der Waals surface area contributed by atoms with E-state index in [1.807, 2.05) is 43.3 Å². The smallest absolute Gasteiger partial charge is 0.255 e. The minimum atomic E-state index is -0.110. The normalized spacial score (nSPS) is 10.2. The first-order chi connectivity index (χ1) is 10.1. The SMILES string of the molecule is CN(C)c1ncccc1C(=O)NCCc1ccc(Cl)cc1. The van der Waals surface area contributed by atoms with Crippen LogP contribution in [0.25, 0.3) is 0 Å². The van der Waals surface area contributed by atoms with Crippen molar-refractivity contribution in [2.45, 2.75) is 6.42 Å². The van der Waals surface area contributed by atoms with Gasteiger partial charge < -0.3 is 10.2 Å². The number of halogens is 1. The molecule has 21 heavy (non-hydrogen) atoms. The van der Waals surface area contributed by atoms with E-state index in [0.29, 0.717) is 22.9 Å². The van der Waals surface area contributed by atoms with Gasteiger partial charge in [0, 0.05) is 31.9 Å². The van der Waals surface area contributed by atoms with Crippen molar-refractivity contribution in [3.63, 3.8) is 0 Å². The van der Waals surface area contributed by atoms with Crippen molar-refractivity contribution in [2.75, 3.05) is 25.5 Å². The molecular weight excluding hydrogens is 286 g/mol. The maximum Gasteiger partial charge on any atom is 0.255 e. The molecule has 4 nitrogen and oxygen atoms in total. The predicted octanol–water partition coefficient (Wildman–Crippen LogP) is 2.77. The molecule has 1 aromatic heterocycles. The molecule has 1 heterocycles. The highest BCUT2D eigenvalue weighted by atomic mass is 35.5. The Bertz CT molecular complexity index is 611. The number of rotatable bonds is 5. The molecule has 0 spiro atoms. The minimum Gasteiger partial charge on any atom is -0.362 e. The molecule has 0 unspecified atom stereocenters. The Morgan fingerprint density at radius 1 is 1.24 bits per heavy atom. The molecule has 0 saturated heterocycles. The summed E-state index contributed by atoms with van der Waals surface area (Å²) < 4.78 is 0. The molecule has 0 aliphatic heterocycles. The van der Waals surface area contributed by atoms with Crippen molar-refractivity contribution in [2.24, 2.45) is 0 Å². The highest BCUT2D eigenvalue weighted by molar-refractivity contribution is 6.30. The number of nitrogens with one attached hydrogen (secondary N) is 1. The molecule has 1 amide bonds. The molecule has 110 valence electrons. The maximum atomic E-state index is 12.2. The molecular formula is C16H18ClN3O. The third-order valence-corrected chi connectivity index (χ3v) is 3.32. The highest BCUT2D eigenvalue weighted by Gasteiger charge is 2.12. The summed E-state index contributed by atoms with van der Waals surface area (Å²) in [5.74, 6) is 0.558. The van der Waals surface area contributed by atoms with Crippen LogP contribution in [-0.4, -0.2) is 31.5 Å². The average molecular weight is 304 g/mol. The predicted molar refractivity (Wildman–Crippen MR) is 86.1 cm³/mol. The Kier molecular flexibility index (Phi) is 5.17. The van der Waals surface area contributed by atoms with E-state index in [1.165, 1.54) is 0 Å². The molecule has 0 radical (unpaired) electrons. The number of carbonyl (C=O) groups is 1. The zero-order chi connectivity index (χ0) is 15.2. The lowest BCUT2D eigenvalue weighted by molar-refractivity contribution is 0.0954. The summed E-state index contributed by atoms with van der Waals surface area (Å²) in [6.07, 6.45) is 2.44. The van der Waals surface area contributed by atoms with Crippen molar-refractivity contribution in [3.05, 3.63) is 58.7 Å². The van der Waals surface area contributed by atoms with Gasteiger partial charge in [0.1, 0.15) is 5.82 Å². The zero-order valence-corrected chi connectivity index (χ0v) is 12.9. The fourth-order valence-corrected chi connectivity index (χ4v) is 2.12. The average Bonchev–Trinajstić information content (AvgIpc) is 2.49. The highest BCUT2D eigenvalue weighted by Crippen LogP contribution is 2.14. The largest absolute Gasteiger partial charge is 0.362 e. The van der Waals surface area contributed by atoms with E-state index in [2.05, 4.69) is 10.3 Å². The third-order valence-electron chi connectivity index (χ3n) is 3.07. The lowest BCUT2D eigenvalue weighted by Gasteiger charge is -2.15. The molecule has 5 heteroatoms. The Morgan fingerprint density at radius 2 is 1.95 bits per heavy atom. The number of nitrogens with zero attached hydrogens (tertiary/aromatic N) is 2. The zero-order valence-electron chi connectivity index (χ0n) is 12.1. The summed E-state index contributed by atoms with van der Waals surface area (Å²) >= 11 is 5.84. The van der Waals surface area contributed by atoms with E-state index in [4.69, 9.17) is 11.6 Å². The molecule has 0 bridgehead atoms. The summed E-state index contributed by atoms with van der Waals surface area (Å²) in [6, 6.07) is 11.2. The van der Waals surface area contributed by atoms with Gasteiger partial charge in [0.2, 0.25) is 0 Å². The Morgan fingerprint density at radius 3 is 2.62 bits per heavy atom. The fraction of sp³-hybridized carbons (Fsp3) is 0.250. The third kappa shape index (κ3) is 4.20. The van der Waals surface area contributed by atoms with Crippen LogP contribution in [-0.2, 0) is 6.42 Å². The van der Waals surface area contributed by atoms with Crippen LogP contribution in [0.3, 0.4) is 0 Å². The number of amides is 1. The molecule has 0 aliphatic carbocycles. The van der Waals surface area contributed by atoms with E-state index in [1.54, 1.807) is 18.3 Å². The molecule has 2 rings (SSSR count). The summed E-state index contributed by atoms with van der Waals surface area (Å²) in [5.41, 5.74) is 1.72. The van der Waals surface area contributed by atoms with Crippen LogP contribution in [0.15, 0.2) is 42.6 Å². The summed E-state index contributed by atoms with van der Waals surface area (Å²) in [7, 11) is 3.74. The Labute approximate surface area is 129 Å². The van der Waals surface area contributed by atoms with Gasteiger partial charge in [-0.25, -0.2) is 4.98 Å². The van der Waals surface area contributed by atoms with Gasteiger partial charge in [-0.05, 0) is 36.2 Å². The summed E-state index contributed by atoms with van der Waals surface area (Å²) in [5, 5.41) is 3.64. The van der Waals surface area contributed by atoms with Gasteiger partial charge in [-0.15, -0.1) is 0 Å². The van der Waals surface area contributed by atoms with E-state index in [0.717, 1.165) is 12.0 Å². The van der Waals surface area contributed by atoms with Crippen molar-refractivity contribution >= 4 is 23.3 Å². The van der Waals surface area contributed by atoms with Crippen LogP contribution in [0.1, 0.15) is 15.9 Å². The second kappa shape index (κ2) is 7.09. The van der Waals surface area contributed by atoms with Gasteiger partial charge in [-0.2, -0.15) is 0 Å². The van der Waals surface area contributed by atoms with Gasteiger partial charge in [0.05, 0.1) is 5.56 Å². The van der Waals surface area contributed by atoms with Gasteiger partial charge in [0.25, 0.3) is 5.91 Å². The van der Waals surface area contributed by atoms with E-state index in [-0.39, 0.29) is 5.91 Å². The van der Waals surface area contributed by atoms with Crippen molar-refractivity contribution in [1.82, 2.24) is 10.3 Å². The van der Waals surface area contributed by atoms with E-state index < -0.39 is 0 Å². The fourth-order valence-electron chi connectivity index (χ4n) is 2.00. The van der Waals surface area contributed by atoms with Crippen LogP contribution in [0.2, 0.25) is 5.02 Å². The van der Waals surface area contributed by atoms with Crippen molar-refractivity contribution < 1.29 is 4.79 Å². The first-order valence-corrected chi connectivity index (χ1v) is 7.10. The molecule has 0 fully saturated rings. The molecule has 0 atom stereocenters. The van der Waals surface area contributed by atoms with Crippen LogP contribution >= 0.6 is 11.6 Å². The van der Waals surface area contributed by atoms with Crippen molar-refractivity contribution in [3.8, 4) is 0 Å². The minimum absolute atomic E-state index is 0.110. The molecule has 0 saturated carbocycles. The molecule has 1 N–H and O–H groups in total. The van der Waals surface area contributed by atoms with Crippen LogP contribution in [0.4, 0.5) is 5.82 Å². The monoisotopic (exact) mass is 303 g/mol. The lowest BCUT2D eigenvalue weighted by Crippen LogP contribution is -2.28. The van der Waals surface area contributed by atoms with Gasteiger partial charge in [-0.3, -0.25) is 4.79 Å². The Hall–Kier alpha value is -2.07. The number of carbonyl (C=O) groups excluding carboxylic acids is 1. The van der Waals surface area contributed by atoms with Crippen LogP contribution in [0.5, 0.6) is 0 Å². The number of pyridine rings is 1. The number of aromatic nitrogens is 1. The standard InChI is InChI=1S/C16H18ClN3O/c1-20(2)15-14(4-3-10-18-15)16(21)19-11-9-12-5-7-13(17)8-6-12/h3-8,10H,9,11H2,1-2H3,(H,19,21). The summed E-state index contributed by atoms with van der Waals surface area (Å²) in [4.78, 5) is 18.3. The topological polar surface area (TPSA) is 45.2 Å². The number of benzene rings is 1. The van der Waals surface area contributed by atoms with E-state index in [9.17, 15) is 4.79 Å². The lowest BCUT2D eigenvalue weighted by atomic mass is 10.1. The van der Waals surface area contributed by atoms with Gasteiger partial charge in [-0.1, -0.05) is 23.7 Å². The van der Waals surface area contributed by atoms with Crippen molar-refractivity contribution in [1.29, 1.82) is 0 Å². The number of hydrogen-bond acceptors (Lipinski definition) is 3. The summed E-state index contributed by atoms with van der Waals surface area (Å²) in [6.45, 7) is 0.572. The molecule has 2 aromatic rings. The maximum absolute atomic E-state index is 12.2.